The summed E-state index contributed by atoms with van der Waals surface area (Å²) < 4.78 is 5.39. The summed E-state index contributed by atoms with van der Waals surface area (Å²) in [6.45, 7) is 5.67. The third-order valence-electron chi connectivity index (χ3n) is 2.82. The van der Waals surface area contributed by atoms with Gasteiger partial charge in [0.2, 0.25) is 0 Å². The number of morpholine rings is 1. The van der Waals surface area contributed by atoms with E-state index in [1.807, 2.05) is 6.07 Å². The minimum atomic E-state index is 0.250. The van der Waals surface area contributed by atoms with Gasteiger partial charge in [0.1, 0.15) is 0 Å². The molecule has 0 bridgehead atoms. The molecule has 1 unspecified atom stereocenters. The summed E-state index contributed by atoms with van der Waals surface area (Å²) in [5.41, 5.74) is 7.79. The van der Waals surface area contributed by atoms with E-state index < -0.39 is 0 Å². The van der Waals surface area contributed by atoms with E-state index in [1.54, 1.807) is 12.4 Å². The number of hydrogen-bond donors (Lipinski definition) is 1. The van der Waals surface area contributed by atoms with Gasteiger partial charge < -0.3 is 10.5 Å². The largest absolute Gasteiger partial charge is 0.397 e. The predicted molar refractivity (Wildman–Crippen MR) is 64.3 cm³/mol. The molecule has 1 atom stereocenters. The molecular formula is C12H17N3O3. The number of nitrogen functional groups attached to an aromatic ring is 1. The zero-order valence-electron chi connectivity index (χ0n) is 10.3. The predicted octanol–water partition coefficient (Wildman–Crippen LogP) is 0.301. The van der Waals surface area contributed by atoms with Gasteiger partial charge in [-0.2, -0.15) is 9.59 Å². The van der Waals surface area contributed by atoms with Crippen molar-refractivity contribution in [2.45, 2.75) is 19.5 Å². The lowest BCUT2D eigenvalue weighted by Gasteiger charge is -2.33. The minimum absolute atomic E-state index is 0.250. The van der Waals surface area contributed by atoms with Gasteiger partial charge in [-0.3, -0.25) is 9.88 Å². The van der Waals surface area contributed by atoms with Crippen LogP contribution in [0, 0.1) is 0 Å². The van der Waals surface area contributed by atoms with Crippen LogP contribution in [0.15, 0.2) is 18.5 Å². The first-order valence-electron chi connectivity index (χ1n) is 5.68. The number of aromatic nitrogens is 1. The molecule has 0 aliphatic carbocycles. The van der Waals surface area contributed by atoms with Gasteiger partial charge in [-0.05, 0) is 18.6 Å². The van der Waals surface area contributed by atoms with Gasteiger partial charge >= 0.3 is 6.15 Å². The van der Waals surface area contributed by atoms with Crippen LogP contribution >= 0.6 is 0 Å². The Hall–Kier alpha value is -1.75. The molecule has 6 nitrogen and oxygen atoms in total. The molecule has 1 aromatic heterocycles. The van der Waals surface area contributed by atoms with Gasteiger partial charge in [-0.1, -0.05) is 0 Å². The highest BCUT2D eigenvalue weighted by Crippen LogP contribution is 2.15. The topological polar surface area (TPSA) is 85.5 Å². The van der Waals surface area contributed by atoms with Crippen molar-refractivity contribution in [3.05, 3.63) is 24.0 Å². The molecule has 0 saturated carbocycles. The summed E-state index contributed by atoms with van der Waals surface area (Å²) in [6, 6.07) is 2.45. The van der Waals surface area contributed by atoms with Crippen LogP contribution in [0.2, 0.25) is 0 Å². The second kappa shape index (κ2) is 7.55. The van der Waals surface area contributed by atoms with Gasteiger partial charge in [0.25, 0.3) is 0 Å². The summed E-state index contributed by atoms with van der Waals surface area (Å²) in [5, 5.41) is 0. The van der Waals surface area contributed by atoms with Crippen molar-refractivity contribution in [2.75, 3.05) is 25.5 Å². The molecule has 1 fully saturated rings. The van der Waals surface area contributed by atoms with E-state index in [1.165, 1.54) is 0 Å². The SMILES string of the molecule is CC1COCCN1Cc1ccncc1N.O=C=O. The number of carbonyl (C=O) groups excluding carboxylic acids is 2. The number of nitrogens with two attached hydrogens (primary N) is 1. The quantitative estimate of drug-likeness (QED) is 0.813. The highest BCUT2D eigenvalue weighted by Gasteiger charge is 2.19. The molecular weight excluding hydrogens is 234 g/mol. The molecule has 98 valence electrons. The van der Waals surface area contributed by atoms with Crippen molar-refractivity contribution in [3.8, 4) is 0 Å². The Labute approximate surface area is 106 Å². The van der Waals surface area contributed by atoms with Crippen molar-refractivity contribution >= 4 is 11.8 Å². The number of hydrogen-bond acceptors (Lipinski definition) is 6. The van der Waals surface area contributed by atoms with E-state index in [4.69, 9.17) is 20.1 Å². The van der Waals surface area contributed by atoms with Crippen LogP contribution in [0.5, 0.6) is 0 Å². The smallest absolute Gasteiger partial charge is 0.373 e. The van der Waals surface area contributed by atoms with Crippen LogP contribution in [0.25, 0.3) is 0 Å². The fourth-order valence-electron chi connectivity index (χ4n) is 1.79. The lowest BCUT2D eigenvalue weighted by atomic mass is 10.2. The second-order valence-electron chi connectivity index (χ2n) is 4.05. The molecule has 0 aromatic carbocycles. The number of ether oxygens (including phenoxy) is 1. The minimum Gasteiger partial charge on any atom is -0.397 e. The average molecular weight is 251 g/mol. The number of pyridine rings is 1. The highest BCUT2D eigenvalue weighted by molar-refractivity contribution is 5.43. The van der Waals surface area contributed by atoms with Crippen molar-refractivity contribution in [3.63, 3.8) is 0 Å². The first kappa shape index (κ1) is 14.3. The van der Waals surface area contributed by atoms with E-state index in [0.29, 0.717) is 6.04 Å². The lowest BCUT2D eigenvalue weighted by molar-refractivity contribution is -0.191. The molecule has 6 heteroatoms. The highest BCUT2D eigenvalue weighted by atomic mass is 16.5. The third kappa shape index (κ3) is 4.25. The van der Waals surface area contributed by atoms with Gasteiger partial charge in [-0.15, -0.1) is 0 Å². The average Bonchev–Trinajstić information content (AvgIpc) is 2.36. The van der Waals surface area contributed by atoms with Crippen LogP contribution < -0.4 is 5.73 Å². The van der Waals surface area contributed by atoms with Gasteiger partial charge in [0.15, 0.2) is 0 Å². The molecule has 1 saturated heterocycles. The van der Waals surface area contributed by atoms with E-state index in [0.717, 1.165) is 37.6 Å². The van der Waals surface area contributed by atoms with Crippen molar-refractivity contribution in [1.29, 1.82) is 0 Å². The van der Waals surface area contributed by atoms with E-state index in [9.17, 15) is 0 Å². The third-order valence-corrected chi connectivity index (χ3v) is 2.82. The normalized spacial score (nSPS) is 19.5. The lowest BCUT2D eigenvalue weighted by Crippen LogP contribution is -2.43. The fourth-order valence-corrected chi connectivity index (χ4v) is 1.79. The summed E-state index contributed by atoms with van der Waals surface area (Å²) in [6.07, 6.45) is 3.75. The molecule has 18 heavy (non-hydrogen) atoms. The zero-order chi connectivity index (χ0) is 13.4. The Morgan fingerprint density at radius 2 is 2.33 bits per heavy atom. The maximum Gasteiger partial charge on any atom is 0.373 e. The Morgan fingerprint density at radius 1 is 1.61 bits per heavy atom. The molecule has 0 amide bonds. The number of anilines is 1. The van der Waals surface area contributed by atoms with Crippen LogP contribution in [0.4, 0.5) is 5.69 Å². The van der Waals surface area contributed by atoms with Crippen LogP contribution in [-0.2, 0) is 20.9 Å². The Balaban J connectivity index is 0.000000492. The Kier molecular flexibility index (Phi) is 6.00. The molecule has 1 aliphatic heterocycles. The van der Waals surface area contributed by atoms with E-state index >= 15 is 0 Å². The first-order valence-corrected chi connectivity index (χ1v) is 5.68. The Morgan fingerprint density at radius 3 is 2.94 bits per heavy atom. The van der Waals surface area contributed by atoms with Crippen LogP contribution in [-0.4, -0.2) is 41.8 Å². The number of rotatable bonds is 2. The number of nitrogens with zero attached hydrogens (tertiary/aromatic N) is 2. The van der Waals surface area contributed by atoms with Crippen LogP contribution in [0.3, 0.4) is 0 Å². The molecule has 1 aromatic rings. The molecule has 2 rings (SSSR count). The van der Waals surface area contributed by atoms with Gasteiger partial charge in [-0.25, -0.2) is 0 Å². The van der Waals surface area contributed by atoms with E-state index in [2.05, 4.69) is 16.8 Å². The first-order chi connectivity index (χ1) is 8.69. The van der Waals surface area contributed by atoms with Crippen molar-refractivity contribution in [2.24, 2.45) is 0 Å². The van der Waals surface area contributed by atoms with Crippen molar-refractivity contribution < 1.29 is 14.3 Å². The fraction of sp³-hybridized carbons (Fsp3) is 0.500. The van der Waals surface area contributed by atoms with Gasteiger partial charge in [0.05, 0.1) is 25.1 Å². The van der Waals surface area contributed by atoms with Gasteiger partial charge in [0, 0.05) is 25.3 Å². The molecule has 2 N–H and O–H groups in total. The molecule has 2 heterocycles. The van der Waals surface area contributed by atoms with Crippen LogP contribution in [0.1, 0.15) is 12.5 Å². The summed E-state index contributed by atoms with van der Waals surface area (Å²) >= 11 is 0. The summed E-state index contributed by atoms with van der Waals surface area (Å²) in [7, 11) is 0. The Bertz CT molecular complexity index is 405. The summed E-state index contributed by atoms with van der Waals surface area (Å²) in [5.74, 6) is 0. The van der Waals surface area contributed by atoms with Crippen molar-refractivity contribution in [1.82, 2.24) is 9.88 Å². The monoisotopic (exact) mass is 251 g/mol. The molecule has 0 spiro atoms. The zero-order valence-corrected chi connectivity index (χ0v) is 10.3. The maximum atomic E-state index is 8.12. The molecule has 0 radical (unpaired) electrons. The summed E-state index contributed by atoms with van der Waals surface area (Å²) in [4.78, 5) is 22.6. The maximum absolute atomic E-state index is 8.12. The molecule has 1 aliphatic rings. The standard InChI is InChI=1S/C11H17N3O.CO2/c1-9-8-15-5-4-14(9)7-10-2-3-13-6-11(10)12;2-1-3/h2-3,6,9H,4-5,7-8,12H2,1H3;. The van der Waals surface area contributed by atoms with E-state index in [-0.39, 0.29) is 6.15 Å². The second-order valence-corrected chi connectivity index (χ2v) is 4.05.